The number of nitrogens with two attached hydrogens (primary N) is 1. The minimum absolute atomic E-state index is 0.162. The van der Waals surface area contributed by atoms with E-state index in [1.807, 2.05) is 6.07 Å². The Morgan fingerprint density at radius 3 is 2.42 bits per heavy atom. The first-order valence-electron chi connectivity index (χ1n) is 6.93. The van der Waals surface area contributed by atoms with Crippen molar-refractivity contribution in [3.05, 3.63) is 18.2 Å². The summed E-state index contributed by atoms with van der Waals surface area (Å²) < 4.78 is 5.11. The first kappa shape index (κ1) is 12.3. The summed E-state index contributed by atoms with van der Waals surface area (Å²) in [5.74, 6) is 2.24. The third kappa shape index (κ3) is 2.67. The molecule has 0 aliphatic heterocycles. The van der Waals surface area contributed by atoms with Crippen LogP contribution in [0, 0.1) is 17.8 Å². The van der Waals surface area contributed by atoms with E-state index in [0.717, 1.165) is 5.69 Å². The molecular weight excluding hydrogens is 240 g/mol. The minimum atomic E-state index is 0.162. The number of methoxy groups -OCH3 is 1. The molecule has 2 fully saturated rings. The van der Waals surface area contributed by atoms with Gasteiger partial charge in [-0.15, -0.1) is 0 Å². The van der Waals surface area contributed by atoms with Gasteiger partial charge in [0, 0.05) is 11.6 Å². The number of amides is 1. The molecule has 19 heavy (non-hydrogen) atoms. The summed E-state index contributed by atoms with van der Waals surface area (Å²) in [4.78, 5) is 12.4. The van der Waals surface area contributed by atoms with Crippen molar-refractivity contribution in [2.75, 3.05) is 18.2 Å². The monoisotopic (exact) mass is 260 g/mol. The number of carbonyl (C=O) groups is 1. The fraction of sp³-hybridized carbons (Fsp3) is 0.533. The van der Waals surface area contributed by atoms with E-state index >= 15 is 0 Å². The van der Waals surface area contributed by atoms with Crippen molar-refractivity contribution in [2.24, 2.45) is 17.8 Å². The van der Waals surface area contributed by atoms with E-state index in [1.165, 1.54) is 25.7 Å². The maximum Gasteiger partial charge on any atom is 0.228 e. The van der Waals surface area contributed by atoms with Crippen molar-refractivity contribution in [1.82, 2.24) is 0 Å². The van der Waals surface area contributed by atoms with Gasteiger partial charge in [-0.1, -0.05) is 0 Å². The van der Waals surface area contributed by atoms with Gasteiger partial charge in [-0.25, -0.2) is 0 Å². The lowest BCUT2D eigenvalue weighted by Crippen LogP contribution is -2.26. The molecule has 0 heterocycles. The molecule has 1 aromatic carbocycles. The smallest absolute Gasteiger partial charge is 0.228 e. The maximum absolute atomic E-state index is 12.4. The molecule has 3 rings (SSSR count). The summed E-state index contributed by atoms with van der Waals surface area (Å²) in [6.45, 7) is 0. The SMILES string of the molecule is COc1ccc(NC(=O)C(C2CC2)C2CC2)cc1N. The van der Waals surface area contributed by atoms with E-state index in [-0.39, 0.29) is 11.8 Å². The van der Waals surface area contributed by atoms with Crippen LogP contribution in [0.2, 0.25) is 0 Å². The Balaban J connectivity index is 1.69. The van der Waals surface area contributed by atoms with E-state index in [1.54, 1.807) is 19.2 Å². The average Bonchev–Trinajstić information content (AvgIpc) is 3.24. The Bertz CT molecular complexity index is 481. The Hall–Kier alpha value is -1.71. The molecule has 3 N–H and O–H groups in total. The Morgan fingerprint density at radius 2 is 1.95 bits per heavy atom. The van der Waals surface area contributed by atoms with Crippen molar-refractivity contribution in [2.45, 2.75) is 25.7 Å². The number of nitrogen functional groups attached to an aromatic ring is 1. The number of anilines is 2. The zero-order valence-electron chi connectivity index (χ0n) is 11.2. The Kier molecular flexibility index (Phi) is 3.09. The summed E-state index contributed by atoms with van der Waals surface area (Å²) in [7, 11) is 1.58. The topological polar surface area (TPSA) is 64.3 Å². The zero-order chi connectivity index (χ0) is 13.4. The lowest BCUT2D eigenvalue weighted by Gasteiger charge is -2.16. The van der Waals surface area contributed by atoms with Crippen LogP contribution in [-0.4, -0.2) is 13.0 Å². The Morgan fingerprint density at radius 1 is 1.32 bits per heavy atom. The van der Waals surface area contributed by atoms with Crippen molar-refractivity contribution in [3.63, 3.8) is 0 Å². The first-order chi connectivity index (χ1) is 9.19. The number of ether oxygens (including phenoxy) is 1. The number of nitrogens with one attached hydrogen (secondary N) is 1. The molecule has 1 amide bonds. The molecule has 4 heteroatoms. The van der Waals surface area contributed by atoms with Gasteiger partial charge in [-0.3, -0.25) is 4.79 Å². The van der Waals surface area contributed by atoms with Gasteiger partial charge in [0.1, 0.15) is 5.75 Å². The standard InChI is InChI=1S/C15H20N2O2/c1-19-13-7-6-11(8-12(13)16)17-15(18)14(9-2-3-9)10-4-5-10/h6-10,14H,2-5,16H2,1H3,(H,17,18). The molecule has 102 valence electrons. The second-order valence-corrected chi connectivity index (χ2v) is 5.65. The van der Waals surface area contributed by atoms with Gasteiger partial charge >= 0.3 is 0 Å². The van der Waals surface area contributed by atoms with E-state index in [9.17, 15) is 4.79 Å². The molecule has 0 spiro atoms. The van der Waals surface area contributed by atoms with Crippen LogP contribution in [0.15, 0.2) is 18.2 Å². The first-order valence-corrected chi connectivity index (χ1v) is 6.93. The summed E-state index contributed by atoms with van der Waals surface area (Å²) in [6.07, 6.45) is 4.83. The van der Waals surface area contributed by atoms with Gasteiger partial charge in [0.25, 0.3) is 0 Å². The van der Waals surface area contributed by atoms with Crippen LogP contribution in [0.5, 0.6) is 5.75 Å². The summed E-state index contributed by atoms with van der Waals surface area (Å²) in [5.41, 5.74) is 7.16. The van der Waals surface area contributed by atoms with Crippen LogP contribution >= 0.6 is 0 Å². The van der Waals surface area contributed by atoms with Crippen LogP contribution in [0.25, 0.3) is 0 Å². The third-order valence-electron chi connectivity index (χ3n) is 4.06. The number of rotatable bonds is 5. The molecule has 0 radical (unpaired) electrons. The third-order valence-corrected chi connectivity index (χ3v) is 4.06. The highest BCUT2D eigenvalue weighted by molar-refractivity contribution is 5.94. The fourth-order valence-electron chi connectivity index (χ4n) is 2.76. The molecular formula is C15H20N2O2. The van der Waals surface area contributed by atoms with Gasteiger partial charge in [-0.05, 0) is 55.7 Å². The molecule has 1 aromatic rings. The number of benzene rings is 1. The second-order valence-electron chi connectivity index (χ2n) is 5.65. The largest absolute Gasteiger partial charge is 0.495 e. The number of hydrogen-bond acceptors (Lipinski definition) is 3. The van der Waals surface area contributed by atoms with Gasteiger partial charge in [0.05, 0.1) is 12.8 Å². The summed E-state index contributed by atoms with van der Waals surface area (Å²) in [5, 5.41) is 3.00. The Labute approximate surface area is 113 Å². The van der Waals surface area contributed by atoms with Crippen LogP contribution in [0.1, 0.15) is 25.7 Å². The summed E-state index contributed by atoms with van der Waals surface area (Å²) >= 11 is 0. The summed E-state index contributed by atoms with van der Waals surface area (Å²) in [6, 6.07) is 5.38. The highest BCUT2D eigenvalue weighted by Gasteiger charge is 2.45. The zero-order valence-corrected chi connectivity index (χ0v) is 11.2. The lowest BCUT2D eigenvalue weighted by molar-refractivity contribution is -0.121. The molecule has 4 nitrogen and oxygen atoms in total. The van der Waals surface area contributed by atoms with Crippen LogP contribution in [0.4, 0.5) is 11.4 Å². The highest BCUT2D eigenvalue weighted by Crippen LogP contribution is 2.49. The molecule has 0 saturated heterocycles. The molecule has 2 aliphatic carbocycles. The minimum Gasteiger partial charge on any atom is -0.495 e. The van der Waals surface area contributed by atoms with Crippen molar-refractivity contribution >= 4 is 17.3 Å². The van der Waals surface area contributed by atoms with Gasteiger partial charge < -0.3 is 15.8 Å². The molecule has 2 saturated carbocycles. The fourth-order valence-corrected chi connectivity index (χ4v) is 2.76. The van der Waals surface area contributed by atoms with E-state index in [2.05, 4.69) is 5.32 Å². The predicted octanol–water partition coefficient (Wildman–Crippen LogP) is 2.65. The maximum atomic E-state index is 12.4. The van der Waals surface area contributed by atoms with Crippen LogP contribution in [-0.2, 0) is 4.79 Å². The molecule has 2 aliphatic rings. The number of carbonyl (C=O) groups excluding carboxylic acids is 1. The molecule has 0 bridgehead atoms. The number of hydrogen-bond donors (Lipinski definition) is 2. The van der Waals surface area contributed by atoms with Crippen molar-refractivity contribution in [1.29, 1.82) is 0 Å². The van der Waals surface area contributed by atoms with Crippen LogP contribution < -0.4 is 15.8 Å². The van der Waals surface area contributed by atoms with E-state index in [0.29, 0.717) is 23.3 Å². The highest BCUT2D eigenvalue weighted by atomic mass is 16.5. The van der Waals surface area contributed by atoms with Gasteiger partial charge in [-0.2, -0.15) is 0 Å². The predicted molar refractivity (Wildman–Crippen MR) is 75.0 cm³/mol. The normalized spacial score (nSPS) is 18.4. The van der Waals surface area contributed by atoms with E-state index in [4.69, 9.17) is 10.5 Å². The quantitative estimate of drug-likeness (QED) is 0.800. The van der Waals surface area contributed by atoms with Crippen LogP contribution in [0.3, 0.4) is 0 Å². The molecule has 0 atom stereocenters. The molecule has 0 aromatic heterocycles. The van der Waals surface area contributed by atoms with Crippen molar-refractivity contribution < 1.29 is 9.53 Å². The van der Waals surface area contributed by atoms with E-state index < -0.39 is 0 Å². The van der Waals surface area contributed by atoms with Crippen molar-refractivity contribution in [3.8, 4) is 5.75 Å². The average molecular weight is 260 g/mol. The lowest BCUT2D eigenvalue weighted by atomic mass is 9.97. The van der Waals surface area contributed by atoms with Gasteiger partial charge in [0.15, 0.2) is 0 Å². The van der Waals surface area contributed by atoms with Gasteiger partial charge in [0.2, 0.25) is 5.91 Å². The second kappa shape index (κ2) is 4.76. The molecule has 0 unspecified atom stereocenters.